The van der Waals surface area contributed by atoms with Crippen LogP contribution in [-0.4, -0.2) is 19.0 Å². The molecule has 1 aromatic rings. The lowest BCUT2D eigenvalue weighted by molar-refractivity contribution is 1.04. The van der Waals surface area contributed by atoms with Crippen LogP contribution in [0.3, 0.4) is 0 Å². The Morgan fingerprint density at radius 1 is 1.36 bits per heavy atom. The van der Waals surface area contributed by atoms with Gasteiger partial charge in [0, 0.05) is 0 Å². The van der Waals surface area contributed by atoms with Crippen LogP contribution in [0.5, 0.6) is 0 Å². The number of hydrogen-bond donors (Lipinski definition) is 0. The number of hydrogen-bond acceptors (Lipinski definition) is 3. The van der Waals surface area contributed by atoms with Crippen molar-refractivity contribution in [3.63, 3.8) is 0 Å². The van der Waals surface area contributed by atoms with Gasteiger partial charge in [0.1, 0.15) is 10.0 Å². The van der Waals surface area contributed by atoms with Crippen molar-refractivity contribution in [3.8, 4) is 0 Å². The highest BCUT2D eigenvalue weighted by Crippen LogP contribution is 2.09. The lowest BCUT2D eigenvalue weighted by Gasteiger charge is -1.87. The Kier molecular flexibility index (Phi) is 2.96. The summed E-state index contributed by atoms with van der Waals surface area (Å²) in [6, 6.07) is 0. The molecule has 1 rings (SSSR count). The van der Waals surface area contributed by atoms with E-state index in [1.54, 1.807) is 11.3 Å². The second-order valence-corrected chi connectivity index (χ2v) is 6.85. The highest BCUT2D eigenvalue weighted by atomic mass is 32.1. The first-order chi connectivity index (χ1) is 5.18. The Hall–Kier alpha value is -0.483. The normalized spacial score (nSPS) is 11.6. The van der Waals surface area contributed by atoms with Gasteiger partial charge in [0.2, 0.25) is 0 Å². The van der Waals surface area contributed by atoms with Gasteiger partial charge in [0.05, 0.1) is 8.80 Å². The summed E-state index contributed by atoms with van der Waals surface area (Å²) in [7, 11) is -0.573. The van der Waals surface area contributed by atoms with Crippen molar-refractivity contribution in [3.05, 3.63) is 15.7 Å². The van der Waals surface area contributed by atoms with Crippen LogP contribution < -0.4 is 0 Å². The van der Waals surface area contributed by atoms with Crippen molar-refractivity contribution >= 4 is 26.2 Å². The van der Waals surface area contributed by atoms with E-state index in [1.165, 1.54) is 0 Å². The van der Waals surface area contributed by atoms with Crippen molar-refractivity contribution < 1.29 is 0 Å². The van der Waals surface area contributed by atoms with Gasteiger partial charge in [0.15, 0.2) is 0 Å². The van der Waals surface area contributed by atoms with E-state index in [2.05, 4.69) is 35.1 Å². The van der Waals surface area contributed by atoms with Crippen molar-refractivity contribution in [1.82, 2.24) is 10.2 Å². The number of aryl methyl sites for hydroxylation is 1. The molecule has 0 aliphatic carbocycles. The third kappa shape index (κ3) is 2.94. The highest BCUT2D eigenvalue weighted by molar-refractivity contribution is 7.12. The van der Waals surface area contributed by atoms with Gasteiger partial charge in [0.25, 0.3) is 0 Å². The van der Waals surface area contributed by atoms with Crippen molar-refractivity contribution in [1.29, 1.82) is 0 Å². The zero-order chi connectivity index (χ0) is 8.27. The predicted molar refractivity (Wildman–Crippen MR) is 52.6 cm³/mol. The van der Waals surface area contributed by atoms with Crippen LogP contribution in [0, 0.1) is 6.92 Å². The third-order valence-corrected chi connectivity index (χ3v) is 2.93. The molecule has 11 heavy (non-hydrogen) atoms. The minimum absolute atomic E-state index is 0.573. The summed E-state index contributed by atoms with van der Waals surface area (Å²) in [4.78, 5) is 0. The maximum absolute atomic E-state index is 3.99. The quantitative estimate of drug-likeness (QED) is 0.656. The molecule has 0 aliphatic heterocycles. The van der Waals surface area contributed by atoms with Gasteiger partial charge in [-0.2, -0.15) is 0 Å². The molecule has 0 atom stereocenters. The summed E-state index contributed by atoms with van der Waals surface area (Å²) in [6.45, 7) is 6.54. The van der Waals surface area contributed by atoms with Gasteiger partial charge < -0.3 is 0 Å². The monoisotopic (exact) mass is 184 g/mol. The van der Waals surface area contributed by atoms with Crippen LogP contribution >= 0.6 is 11.3 Å². The van der Waals surface area contributed by atoms with Crippen molar-refractivity contribution in [2.24, 2.45) is 0 Å². The molecule has 0 radical (unpaired) electrons. The van der Waals surface area contributed by atoms with Gasteiger partial charge in [-0.15, -0.1) is 10.2 Å². The Morgan fingerprint density at radius 2 is 2.09 bits per heavy atom. The summed E-state index contributed by atoms with van der Waals surface area (Å²) < 4.78 is 0. The maximum atomic E-state index is 3.99. The van der Waals surface area contributed by atoms with Crippen LogP contribution in [0.15, 0.2) is 5.70 Å². The topological polar surface area (TPSA) is 25.8 Å². The minimum atomic E-state index is -0.573. The van der Waals surface area contributed by atoms with Gasteiger partial charge in [-0.25, -0.2) is 0 Å². The molecule has 0 saturated carbocycles. The molecule has 0 bridgehead atoms. The van der Waals surface area contributed by atoms with Crippen LogP contribution in [0.4, 0.5) is 0 Å². The Bertz CT molecular complexity index is 255. The van der Waals surface area contributed by atoms with Crippen molar-refractivity contribution in [2.75, 3.05) is 0 Å². The lowest BCUT2D eigenvalue weighted by atomic mass is 10.7. The molecular formula is C7H12N2SSi. The highest BCUT2D eigenvalue weighted by Gasteiger charge is 1.94. The van der Waals surface area contributed by atoms with E-state index in [-0.39, 0.29) is 0 Å². The second kappa shape index (κ2) is 3.78. The third-order valence-electron chi connectivity index (χ3n) is 1.17. The van der Waals surface area contributed by atoms with E-state index < -0.39 is 8.80 Å². The summed E-state index contributed by atoms with van der Waals surface area (Å²) in [5.74, 6) is 0. The van der Waals surface area contributed by atoms with E-state index in [0.29, 0.717) is 0 Å². The number of rotatable bonds is 2. The van der Waals surface area contributed by atoms with E-state index >= 15 is 0 Å². The standard InChI is InChI=1S/C7H12N2SSi/c1-6-8-9-7(10-6)4-5-11(2)3/h4-5,11H,1-3H3/b5-4+. The van der Waals surface area contributed by atoms with Crippen LogP contribution in [0.2, 0.25) is 13.1 Å². The Labute approximate surface area is 72.6 Å². The molecule has 0 N–H and O–H groups in total. The van der Waals surface area contributed by atoms with Crippen molar-refractivity contribution in [2.45, 2.75) is 20.0 Å². The molecule has 1 aromatic heterocycles. The molecular weight excluding hydrogens is 172 g/mol. The maximum Gasteiger partial charge on any atom is 0.139 e. The van der Waals surface area contributed by atoms with E-state index in [9.17, 15) is 0 Å². The van der Waals surface area contributed by atoms with Crippen LogP contribution in [0.25, 0.3) is 6.08 Å². The lowest BCUT2D eigenvalue weighted by Crippen LogP contribution is -1.91. The predicted octanol–water partition coefficient (Wildman–Crippen LogP) is 1.89. The van der Waals surface area contributed by atoms with E-state index in [4.69, 9.17) is 0 Å². The molecule has 0 unspecified atom stereocenters. The fraction of sp³-hybridized carbons (Fsp3) is 0.429. The largest absolute Gasteiger partial charge is 0.144 e. The fourth-order valence-electron chi connectivity index (χ4n) is 0.654. The SMILES string of the molecule is Cc1nnc(/C=C/[SiH](C)C)s1. The number of aromatic nitrogens is 2. The molecule has 0 fully saturated rings. The zero-order valence-electron chi connectivity index (χ0n) is 7.03. The Morgan fingerprint density at radius 3 is 2.55 bits per heavy atom. The second-order valence-electron chi connectivity index (χ2n) is 2.76. The summed E-state index contributed by atoms with van der Waals surface area (Å²) in [5.41, 5.74) is 2.26. The summed E-state index contributed by atoms with van der Waals surface area (Å²) in [6.07, 6.45) is 2.08. The first-order valence-electron chi connectivity index (χ1n) is 3.67. The molecule has 0 aromatic carbocycles. The first-order valence-corrected chi connectivity index (χ1v) is 7.46. The summed E-state index contributed by atoms with van der Waals surface area (Å²) >= 11 is 1.64. The first kappa shape index (κ1) is 8.61. The molecule has 0 aliphatic rings. The fourth-order valence-corrected chi connectivity index (χ4v) is 1.97. The smallest absolute Gasteiger partial charge is 0.139 e. The molecule has 60 valence electrons. The molecule has 1 heterocycles. The molecule has 0 saturated heterocycles. The minimum Gasteiger partial charge on any atom is -0.144 e. The molecule has 2 nitrogen and oxygen atoms in total. The number of nitrogens with zero attached hydrogens (tertiary/aromatic N) is 2. The van der Waals surface area contributed by atoms with Crippen LogP contribution in [-0.2, 0) is 0 Å². The summed E-state index contributed by atoms with van der Waals surface area (Å²) in [5, 5.41) is 9.99. The molecule has 4 heteroatoms. The average Bonchev–Trinajstić information content (AvgIpc) is 2.31. The van der Waals surface area contributed by atoms with E-state index in [1.807, 2.05) is 6.92 Å². The van der Waals surface area contributed by atoms with Gasteiger partial charge in [-0.3, -0.25) is 0 Å². The molecule has 0 amide bonds. The molecule has 0 spiro atoms. The average molecular weight is 184 g/mol. The van der Waals surface area contributed by atoms with Gasteiger partial charge >= 0.3 is 0 Å². The van der Waals surface area contributed by atoms with Gasteiger partial charge in [-0.1, -0.05) is 30.1 Å². The Balaban J connectivity index is 2.64. The van der Waals surface area contributed by atoms with E-state index in [0.717, 1.165) is 10.0 Å². The van der Waals surface area contributed by atoms with Gasteiger partial charge in [-0.05, 0) is 13.0 Å². The van der Waals surface area contributed by atoms with Crippen LogP contribution in [0.1, 0.15) is 10.0 Å². The zero-order valence-corrected chi connectivity index (χ0v) is 9.01.